The molecule has 2 heterocycles. The van der Waals surface area contributed by atoms with Gasteiger partial charge in [-0.3, -0.25) is 20.4 Å². The zero-order valence-electron chi connectivity index (χ0n) is 16.1. The Bertz CT molecular complexity index is 1230. The third-order valence-corrected chi connectivity index (χ3v) is 4.25. The van der Waals surface area contributed by atoms with Crippen LogP contribution in [0.25, 0.3) is 17.1 Å². The lowest BCUT2D eigenvalue weighted by Gasteiger charge is -2.09. The standard InChI is InChI=1S/C19H16N8O4/c1-30-13-9-5-8-12(10-13)18(28)22-23-19(29)14-15(11-6-3-2-4-7-11)27(26-21-14)17-16(20)24-31-25-17/h2-10H,1H3,(H2,20,24)(H,22,28)(H,23,29). The second kappa shape index (κ2) is 8.32. The molecule has 2 aromatic carbocycles. The van der Waals surface area contributed by atoms with E-state index in [0.717, 1.165) is 0 Å². The number of amides is 2. The van der Waals surface area contributed by atoms with Crippen molar-refractivity contribution in [2.75, 3.05) is 12.8 Å². The maximum atomic E-state index is 12.8. The summed E-state index contributed by atoms with van der Waals surface area (Å²) in [4.78, 5) is 25.2. The van der Waals surface area contributed by atoms with Gasteiger partial charge in [0.25, 0.3) is 11.8 Å². The van der Waals surface area contributed by atoms with Gasteiger partial charge in [-0.2, -0.15) is 4.68 Å². The van der Waals surface area contributed by atoms with Crippen molar-refractivity contribution in [3.05, 3.63) is 65.9 Å². The van der Waals surface area contributed by atoms with Gasteiger partial charge < -0.3 is 10.5 Å². The molecule has 0 unspecified atom stereocenters. The number of hydrazine groups is 1. The number of benzene rings is 2. The molecule has 31 heavy (non-hydrogen) atoms. The van der Waals surface area contributed by atoms with Crippen LogP contribution in [0.15, 0.2) is 59.2 Å². The van der Waals surface area contributed by atoms with Gasteiger partial charge in [0.05, 0.1) is 7.11 Å². The molecule has 0 radical (unpaired) electrons. The number of nitrogen functional groups attached to an aromatic ring is 1. The summed E-state index contributed by atoms with van der Waals surface area (Å²) in [5.74, 6) is -0.680. The predicted octanol–water partition coefficient (Wildman–Crippen LogP) is 0.983. The largest absolute Gasteiger partial charge is 0.497 e. The van der Waals surface area contributed by atoms with Crippen LogP contribution < -0.4 is 21.3 Å². The van der Waals surface area contributed by atoms with Crippen LogP contribution in [0, 0.1) is 0 Å². The highest BCUT2D eigenvalue weighted by Gasteiger charge is 2.25. The smallest absolute Gasteiger partial charge is 0.292 e. The van der Waals surface area contributed by atoms with E-state index in [9.17, 15) is 9.59 Å². The van der Waals surface area contributed by atoms with Gasteiger partial charge in [-0.15, -0.1) is 5.10 Å². The molecule has 4 aromatic rings. The lowest BCUT2D eigenvalue weighted by molar-refractivity contribution is 0.0844. The SMILES string of the molecule is COc1cccc(C(=O)NNC(=O)c2nnn(-c3nonc3N)c2-c2ccccc2)c1. The van der Waals surface area contributed by atoms with E-state index in [4.69, 9.17) is 10.5 Å². The van der Waals surface area contributed by atoms with Crippen molar-refractivity contribution in [2.24, 2.45) is 0 Å². The molecule has 2 aromatic heterocycles. The third-order valence-electron chi connectivity index (χ3n) is 4.25. The van der Waals surface area contributed by atoms with Gasteiger partial charge in [-0.25, -0.2) is 4.63 Å². The monoisotopic (exact) mass is 420 g/mol. The fourth-order valence-electron chi connectivity index (χ4n) is 2.79. The van der Waals surface area contributed by atoms with Crippen LogP contribution in [-0.2, 0) is 0 Å². The number of nitrogens with one attached hydrogen (secondary N) is 2. The molecule has 4 N–H and O–H groups in total. The van der Waals surface area contributed by atoms with Gasteiger partial charge in [0.15, 0.2) is 5.69 Å². The minimum absolute atomic E-state index is 0.0274. The Labute approximate surface area is 174 Å². The Kier molecular flexibility index (Phi) is 5.26. The van der Waals surface area contributed by atoms with Gasteiger partial charge in [0.2, 0.25) is 11.6 Å². The van der Waals surface area contributed by atoms with E-state index in [1.165, 1.54) is 17.9 Å². The predicted molar refractivity (Wildman–Crippen MR) is 107 cm³/mol. The molecule has 0 atom stereocenters. The maximum Gasteiger partial charge on any atom is 0.292 e. The van der Waals surface area contributed by atoms with Crippen LogP contribution in [0.4, 0.5) is 5.82 Å². The van der Waals surface area contributed by atoms with Crippen molar-refractivity contribution in [2.45, 2.75) is 0 Å². The maximum absolute atomic E-state index is 12.8. The Morgan fingerprint density at radius 1 is 1.03 bits per heavy atom. The highest BCUT2D eigenvalue weighted by Crippen LogP contribution is 2.26. The van der Waals surface area contributed by atoms with E-state index < -0.39 is 11.8 Å². The van der Waals surface area contributed by atoms with Crippen LogP contribution in [-0.4, -0.2) is 44.2 Å². The normalized spacial score (nSPS) is 10.5. The van der Waals surface area contributed by atoms with Gasteiger partial charge in [-0.1, -0.05) is 41.6 Å². The number of ether oxygens (including phenoxy) is 1. The molecular formula is C19H16N8O4. The second-order valence-corrected chi connectivity index (χ2v) is 6.18. The molecule has 0 saturated carbocycles. The van der Waals surface area contributed by atoms with Crippen LogP contribution in [0.5, 0.6) is 5.75 Å². The van der Waals surface area contributed by atoms with Gasteiger partial charge in [0, 0.05) is 11.1 Å². The topological polar surface area (TPSA) is 163 Å². The number of carbonyl (C=O) groups excluding carboxylic acids is 2. The number of nitrogens with zero attached hydrogens (tertiary/aromatic N) is 5. The summed E-state index contributed by atoms with van der Waals surface area (Å²) in [5, 5.41) is 15.1. The van der Waals surface area contributed by atoms with E-state index >= 15 is 0 Å². The number of carbonyl (C=O) groups is 2. The molecule has 0 bridgehead atoms. The van der Waals surface area contributed by atoms with Gasteiger partial charge in [0.1, 0.15) is 11.4 Å². The minimum Gasteiger partial charge on any atom is -0.497 e. The highest BCUT2D eigenvalue weighted by molar-refractivity contribution is 6.01. The van der Waals surface area contributed by atoms with E-state index in [1.807, 2.05) is 6.07 Å². The fraction of sp³-hybridized carbons (Fsp3) is 0.0526. The molecule has 0 spiro atoms. The fourth-order valence-corrected chi connectivity index (χ4v) is 2.79. The highest BCUT2D eigenvalue weighted by atomic mass is 16.6. The van der Waals surface area contributed by atoms with Crippen LogP contribution in [0.2, 0.25) is 0 Å². The number of anilines is 1. The minimum atomic E-state index is -0.698. The van der Waals surface area contributed by atoms with Crippen LogP contribution >= 0.6 is 0 Å². The van der Waals surface area contributed by atoms with Crippen molar-refractivity contribution in [3.8, 4) is 22.8 Å². The first-order valence-electron chi connectivity index (χ1n) is 8.92. The number of rotatable bonds is 5. The zero-order chi connectivity index (χ0) is 21.8. The Morgan fingerprint density at radius 2 is 1.81 bits per heavy atom. The average molecular weight is 420 g/mol. The second-order valence-electron chi connectivity index (χ2n) is 6.18. The van der Waals surface area contributed by atoms with Gasteiger partial charge >= 0.3 is 0 Å². The van der Waals surface area contributed by atoms with E-state index in [0.29, 0.717) is 16.9 Å². The summed E-state index contributed by atoms with van der Waals surface area (Å²) in [6.45, 7) is 0. The Hall–Kier alpha value is -4.74. The van der Waals surface area contributed by atoms with Crippen LogP contribution in [0.1, 0.15) is 20.8 Å². The molecule has 4 rings (SSSR count). The summed E-state index contributed by atoms with van der Waals surface area (Å²) in [7, 11) is 1.49. The molecule has 12 heteroatoms. The van der Waals surface area contributed by atoms with E-state index in [-0.39, 0.29) is 23.0 Å². The summed E-state index contributed by atoms with van der Waals surface area (Å²) in [5.41, 5.74) is 11.6. The number of hydrogen-bond acceptors (Lipinski definition) is 9. The van der Waals surface area contributed by atoms with Crippen molar-refractivity contribution < 1.29 is 19.0 Å². The first-order valence-corrected chi connectivity index (χ1v) is 8.92. The molecule has 0 fully saturated rings. The van der Waals surface area contributed by atoms with Gasteiger partial charge in [-0.05, 0) is 28.5 Å². The Morgan fingerprint density at radius 3 is 2.52 bits per heavy atom. The van der Waals surface area contributed by atoms with Crippen molar-refractivity contribution >= 4 is 17.6 Å². The molecule has 0 saturated heterocycles. The number of methoxy groups -OCH3 is 1. The van der Waals surface area contributed by atoms with E-state index in [2.05, 4.69) is 36.1 Å². The van der Waals surface area contributed by atoms with Crippen molar-refractivity contribution in [1.29, 1.82) is 0 Å². The Balaban J connectivity index is 1.62. The quantitative estimate of drug-likeness (QED) is 0.399. The summed E-state index contributed by atoms with van der Waals surface area (Å²) < 4.78 is 11.0. The molecule has 0 aliphatic rings. The summed E-state index contributed by atoms with van der Waals surface area (Å²) in [6.07, 6.45) is 0. The molecule has 156 valence electrons. The molecule has 12 nitrogen and oxygen atoms in total. The number of hydrogen-bond donors (Lipinski definition) is 3. The molecule has 2 amide bonds. The lowest BCUT2D eigenvalue weighted by Crippen LogP contribution is -2.42. The zero-order valence-corrected chi connectivity index (χ0v) is 16.1. The molecule has 0 aliphatic carbocycles. The molecular weight excluding hydrogens is 404 g/mol. The third kappa shape index (κ3) is 3.89. The first kappa shape index (κ1) is 19.6. The van der Waals surface area contributed by atoms with Crippen LogP contribution in [0.3, 0.4) is 0 Å². The summed E-state index contributed by atoms with van der Waals surface area (Å²) in [6, 6.07) is 15.4. The van der Waals surface area contributed by atoms with E-state index in [1.54, 1.807) is 42.5 Å². The van der Waals surface area contributed by atoms with Crippen molar-refractivity contribution in [3.63, 3.8) is 0 Å². The average Bonchev–Trinajstić information content (AvgIpc) is 3.43. The van der Waals surface area contributed by atoms with Crippen molar-refractivity contribution in [1.82, 2.24) is 36.2 Å². The molecule has 0 aliphatic heterocycles. The first-order chi connectivity index (χ1) is 15.1. The number of aromatic nitrogens is 5. The lowest BCUT2D eigenvalue weighted by atomic mass is 10.1. The summed E-state index contributed by atoms with van der Waals surface area (Å²) >= 11 is 0. The number of nitrogens with two attached hydrogens (primary N) is 1.